The summed E-state index contributed by atoms with van der Waals surface area (Å²) in [5.41, 5.74) is 7.48. The maximum absolute atomic E-state index is 2.45. The van der Waals surface area contributed by atoms with Crippen molar-refractivity contribution in [3.63, 3.8) is 0 Å². The van der Waals surface area contributed by atoms with Crippen LogP contribution in [-0.4, -0.2) is 0 Å². The van der Waals surface area contributed by atoms with Gasteiger partial charge in [-0.3, -0.25) is 0 Å². The third kappa shape index (κ3) is 4.16. The smallest absolute Gasteiger partial charge is 0.00199 e. The van der Waals surface area contributed by atoms with Crippen molar-refractivity contribution in [2.75, 3.05) is 0 Å². The monoisotopic (exact) mass is 606 g/mol. The Kier molecular flexibility index (Phi) is 5.98. The van der Waals surface area contributed by atoms with E-state index >= 15 is 0 Å². The van der Waals surface area contributed by atoms with Crippen molar-refractivity contribution in [2.24, 2.45) is 0 Å². The van der Waals surface area contributed by atoms with Gasteiger partial charge >= 0.3 is 0 Å². The summed E-state index contributed by atoms with van der Waals surface area (Å²) in [6, 6.07) is 67.1. The van der Waals surface area contributed by atoms with Crippen molar-refractivity contribution in [2.45, 2.75) is 0 Å². The molecule has 0 fully saturated rings. The van der Waals surface area contributed by atoms with Gasteiger partial charge in [0.05, 0.1) is 0 Å². The first-order chi connectivity index (χ1) is 23.8. The van der Waals surface area contributed by atoms with Crippen LogP contribution in [0.3, 0.4) is 0 Å². The number of benzene rings is 10. The molecule has 0 atom stereocenters. The van der Waals surface area contributed by atoms with Crippen molar-refractivity contribution in [3.8, 4) is 33.4 Å². The normalized spacial score (nSPS) is 11.8. The predicted octanol–water partition coefficient (Wildman–Crippen LogP) is 13.6. The highest BCUT2D eigenvalue weighted by atomic mass is 14.2. The lowest BCUT2D eigenvalue weighted by molar-refractivity contribution is 1.62. The fourth-order valence-electron chi connectivity index (χ4n) is 7.90. The van der Waals surface area contributed by atoms with E-state index in [1.807, 2.05) is 0 Å². The molecule has 0 heterocycles. The average Bonchev–Trinajstić information content (AvgIpc) is 3.17. The molecular formula is C48H30. The molecule has 0 aromatic heterocycles. The Hall–Kier alpha value is -6.24. The molecule has 0 aliphatic heterocycles. The molecular weight excluding hydrogens is 577 g/mol. The lowest BCUT2D eigenvalue weighted by atomic mass is 9.86. The molecule has 0 radical (unpaired) electrons. The third-order valence-corrected chi connectivity index (χ3v) is 10.2. The summed E-state index contributed by atoms with van der Waals surface area (Å²) < 4.78 is 0. The lowest BCUT2D eigenvalue weighted by Crippen LogP contribution is -1.90. The van der Waals surface area contributed by atoms with Gasteiger partial charge in [-0.25, -0.2) is 0 Å². The highest BCUT2D eigenvalue weighted by molar-refractivity contribution is 6.33. The molecule has 10 aromatic rings. The van der Waals surface area contributed by atoms with E-state index < -0.39 is 0 Å². The first kappa shape index (κ1) is 26.9. The second kappa shape index (κ2) is 10.7. The lowest BCUT2D eigenvalue weighted by Gasteiger charge is -2.17. The molecule has 0 heteroatoms. The molecule has 0 saturated heterocycles. The van der Waals surface area contributed by atoms with Crippen LogP contribution < -0.4 is 0 Å². The largest absolute Gasteiger partial charge is 0.0616 e. The van der Waals surface area contributed by atoms with Gasteiger partial charge in [-0.1, -0.05) is 164 Å². The van der Waals surface area contributed by atoms with Crippen molar-refractivity contribution >= 4 is 64.6 Å². The van der Waals surface area contributed by atoms with E-state index in [2.05, 4.69) is 182 Å². The van der Waals surface area contributed by atoms with E-state index in [9.17, 15) is 0 Å². The van der Waals surface area contributed by atoms with Crippen LogP contribution in [0.2, 0.25) is 0 Å². The van der Waals surface area contributed by atoms with Gasteiger partial charge in [0.1, 0.15) is 0 Å². The molecule has 10 aromatic carbocycles. The van der Waals surface area contributed by atoms with Crippen LogP contribution in [0.5, 0.6) is 0 Å². The summed E-state index contributed by atoms with van der Waals surface area (Å²) >= 11 is 0. The Bertz CT molecular complexity index is 2870. The van der Waals surface area contributed by atoms with Crippen LogP contribution in [0.25, 0.3) is 98.0 Å². The average molecular weight is 607 g/mol. The highest BCUT2D eigenvalue weighted by Gasteiger charge is 2.16. The maximum atomic E-state index is 2.45. The van der Waals surface area contributed by atoms with Gasteiger partial charge < -0.3 is 0 Å². The zero-order valence-corrected chi connectivity index (χ0v) is 26.3. The van der Waals surface area contributed by atoms with Crippen LogP contribution >= 0.6 is 0 Å². The summed E-state index contributed by atoms with van der Waals surface area (Å²) in [6.07, 6.45) is 0. The zero-order chi connectivity index (χ0) is 31.6. The second-order valence-corrected chi connectivity index (χ2v) is 12.9. The maximum Gasteiger partial charge on any atom is -0.00199 e. The van der Waals surface area contributed by atoms with Crippen LogP contribution in [0.15, 0.2) is 182 Å². The standard InChI is InChI=1S/C48H30/c1-2-12-35-28-36(25-24-31(35)10-1)32-20-22-33(23-21-32)37-26-27-44-45(29-37)40-15-5-6-16-41(40)47-30-46(42-17-7-8-18-43(42)48(44)47)39-19-9-13-34-11-3-4-14-38(34)39/h1-30H. The molecule has 0 N–H and O–H groups in total. The molecule has 222 valence electrons. The van der Waals surface area contributed by atoms with Crippen molar-refractivity contribution in [1.82, 2.24) is 0 Å². The topological polar surface area (TPSA) is 0 Å². The van der Waals surface area contributed by atoms with Gasteiger partial charge in [-0.15, -0.1) is 0 Å². The zero-order valence-electron chi connectivity index (χ0n) is 26.3. The molecule has 0 bridgehead atoms. The van der Waals surface area contributed by atoms with Crippen LogP contribution in [0, 0.1) is 0 Å². The Morgan fingerprint density at radius 1 is 0.208 bits per heavy atom. The minimum Gasteiger partial charge on any atom is -0.0616 e. The molecule has 48 heavy (non-hydrogen) atoms. The summed E-state index contributed by atoms with van der Waals surface area (Å²) in [5.74, 6) is 0. The molecule has 0 amide bonds. The summed E-state index contributed by atoms with van der Waals surface area (Å²) in [5, 5.41) is 15.4. The minimum atomic E-state index is 1.22. The Labute approximate surface area is 279 Å². The first-order valence-corrected chi connectivity index (χ1v) is 16.7. The van der Waals surface area contributed by atoms with Crippen molar-refractivity contribution in [3.05, 3.63) is 182 Å². The van der Waals surface area contributed by atoms with Gasteiger partial charge in [0.25, 0.3) is 0 Å². The van der Waals surface area contributed by atoms with E-state index in [-0.39, 0.29) is 0 Å². The Morgan fingerprint density at radius 3 is 1.50 bits per heavy atom. The predicted molar refractivity (Wildman–Crippen MR) is 208 cm³/mol. The van der Waals surface area contributed by atoms with E-state index in [0.717, 1.165) is 0 Å². The van der Waals surface area contributed by atoms with Crippen LogP contribution in [0.4, 0.5) is 0 Å². The molecule has 0 aliphatic rings. The van der Waals surface area contributed by atoms with Gasteiger partial charge in [-0.05, 0) is 116 Å². The number of hydrogen-bond donors (Lipinski definition) is 0. The number of hydrogen-bond acceptors (Lipinski definition) is 0. The molecule has 0 unspecified atom stereocenters. The quantitative estimate of drug-likeness (QED) is 0.176. The first-order valence-electron chi connectivity index (χ1n) is 16.7. The van der Waals surface area contributed by atoms with Crippen LogP contribution in [0.1, 0.15) is 0 Å². The Morgan fingerprint density at radius 2 is 0.729 bits per heavy atom. The van der Waals surface area contributed by atoms with Crippen LogP contribution in [-0.2, 0) is 0 Å². The van der Waals surface area contributed by atoms with Crippen molar-refractivity contribution in [1.29, 1.82) is 0 Å². The van der Waals surface area contributed by atoms with Gasteiger partial charge in [0.15, 0.2) is 0 Å². The summed E-state index contributed by atoms with van der Waals surface area (Å²) in [7, 11) is 0. The molecule has 0 spiro atoms. The number of fused-ring (bicyclic) bond motifs is 10. The second-order valence-electron chi connectivity index (χ2n) is 12.9. The molecule has 10 rings (SSSR count). The molecule has 0 aliphatic carbocycles. The fraction of sp³-hybridized carbons (Fsp3) is 0. The number of rotatable bonds is 3. The summed E-state index contributed by atoms with van der Waals surface area (Å²) in [6.45, 7) is 0. The molecule has 0 saturated carbocycles. The van der Waals surface area contributed by atoms with E-state index in [0.29, 0.717) is 0 Å². The minimum absolute atomic E-state index is 1.22. The SMILES string of the molecule is c1ccc2cc(-c3ccc(-c4ccc5c(c4)c4ccccc4c4cc(-c6cccc7ccccc67)c6ccccc6c54)cc3)ccc2c1. The fourth-order valence-corrected chi connectivity index (χ4v) is 7.90. The van der Waals surface area contributed by atoms with Crippen molar-refractivity contribution < 1.29 is 0 Å². The summed E-state index contributed by atoms with van der Waals surface area (Å²) in [4.78, 5) is 0. The third-order valence-electron chi connectivity index (χ3n) is 10.2. The highest BCUT2D eigenvalue weighted by Crippen LogP contribution is 2.44. The van der Waals surface area contributed by atoms with E-state index in [1.54, 1.807) is 0 Å². The van der Waals surface area contributed by atoms with Gasteiger partial charge in [0, 0.05) is 0 Å². The van der Waals surface area contributed by atoms with Gasteiger partial charge in [-0.2, -0.15) is 0 Å². The Balaban J connectivity index is 1.18. The van der Waals surface area contributed by atoms with E-state index in [1.165, 1.54) is 98.0 Å². The molecule has 0 nitrogen and oxygen atoms in total. The van der Waals surface area contributed by atoms with E-state index in [4.69, 9.17) is 0 Å². The van der Waals surface area contributed by atoms with Gasteiger partial charge in [0.2, 0.25) is 0 Å².